The van der Waals surface area contributed by atoms with Crippen LogP contribution in [0.25, 0.3) is 0 Å². The summed E-state index contributed by atoms with van der Waals surface area (Å²) in [7, 11) is 2.86. The number of nitrogens with one attached hydrogen (secondary N) is 1. The quantitative estimate of drug-likeness (QED) is 0.834. The Morgan fingerprint density at radius 2 is 1.72 bits per heavy atom. The van der Waals surface area contributed by atoms with Crippen LogP contribution in [0, 0.1) is 0 Å². The Hall–Kier alpha value is -1.98. The van der Waals surface area contributed by atoms with Crippen LogP contribution in [0.5, 0.6) is 11.5 Å². The molecule has 0 atom stereocenters. The second kappa shape index (κ2) is 7.93. The highest BCUT2D eigenvalue weighted by atomic mass is 35.5. The molecule has 5 nitrogen and oxygen atoms in total. The number of carbonyl (C=O) groups excluding carboxylic acids is 2. The maximum Gasteiger partial charge on any atom is 0.254 e. The van der Waals surface area contributed by atoms with E-state index >= 15 is 0 Å². The highest BCUT2D eigenvalue weighted by molar-refractivity contribution is 6.41. The lowest BCUT2D eigenvalue weighted by atomic mass is 9.92. The van der Waals surface area contributed by atoms with Gasteiger partial charge in [-0.3, -0.25) is 9.59 Å². The van der Waals surface area contributed by atoms with Crippen LogP contribution >= 0.6 is 23.2 Å². The van der Waals surface area contributed by atoms with Crippen molar-refractivity contribution in [2.75, 3.05) is 20.8 Å². The van der Waals surface area contributed by atoms with Gasteiger partial charge in [0, 0.05) is 24.6 Å². The number of Topliss-reactive ketones (excluding diaryl/α,β-unsaturated/α-hetero) is 1. The van der Waals surface area contributed by atoms with Crippen molar-refractivity contribution in [2.24, 2.45) is 0 Å². The first kappa shape index (κ1) is 19.3. The van der Waals surface area contributed by atoms with Crippen LogP contribution in [0.15, 0.2) is 28.9 Å². The van der Waals surface area contributed by atoms with E-state index in [1.807, 2.05) is 19.9 Å². The first-order valence-corrected chi connectivity index (χ1v) is 8.34. The first-order valence-electron chi connectivity index (χ1n) is 7.58. The van der Waals surface area contributed by atoms with E-state index in [1.165, 1.54) is 20.3 Å². The predicted molar refractivity (Wildman–Crippen MR) is 98.0 cm³/mol. The summed E-state index contributed by atoms with van der Waals surface area (Å²) in [5.41, 5.74) is 2.46. The molecule has 0 unspecified atom stereocenters. The molecular weight excluding hydrogens is 365 g/mol. The van der Waals surface area contributed by atoms with Gasteiger partial charge in [0.1, 0.15) is 11.5 Å². The lowest BCUT2D eigenvalue weighted by Gasteiger charge is -2.17. The fraction of sp³-hybridized carbons (Fsp3) is 0.333. The molecule has 0 saturated carbocycles. The van der Waals surface area contributed by atoms with Crippen LogP contribution in [0.3, 0.4) is 0 Å². The second-order valence-electron chi connectivity index (χ2n) is 5.72. The van der Waals surface area contributed by atoms with Gasteiger partial charge in [0.2, 0.25) is 0 Å². The Kier molecular flexibility index (Phi) is 6.14. The van der Waals surface area contributed by atoms with Gasteiger partial charge in [-0.1, -0.05) is 34.9 Å². The van der Waals surface area contributed by atoms with E-state index in [-0.39, 0.29) is 39.4 Å². The zero-order chi connectivity index (χ0) is 18.7. The minimum atomic E-state index is -0.508. The minimum Gasteiger partial charge on any atom is -0.495 e. The summed E-state index contributed by atoms with van der Waals surface area (Å²) in [4.78, 5) is 24.8. The van der Waals surface area contributed by atoms with Crippen LogP contribution in [0.2, 0.25) is 10.0 Å². The Morgan fingerprint density at radius 3 is 2.20 bits per heavy atom. The van der Waals surface area contributed by atoms with E-state index in [9.17, 15) is 9.59 Å². The second-order valence-corrected chi connectivity index (χ2v) is 6.47. The number of hydrogen-bond acceptors (Lipinski definition) is 4. The van der Waals surface area contributed by atoms with E-state index in [0.717, 1.165) is 11.1 Å². The summed E-state index contributed by atoms with van der Waals surface area (Å²) < 4.78 is 10.3. The standard InChI is InChI=1S/C18H19Cl2NO4/c1-9-5-10(2)11(12(22)6-9)8-21-18(23)15-16(19)13(24-3)7-14(25-4)17(15)20/h5,7H,6,8H2,1-4H3,(H,21,23). The van der Waals surface area contributed by atoms with Gasteiger partial charge in [0.15, 0.2) is 5.78 Å². The topological polar surface area (TPSA) is 64.6 Å². The molecule has 134 valence electrons. The highest BCUT2D eigenvalue weighted by Gasteiger charge is 2.24. The number of amides is 1. The Bertz CT molecular complexity index is 769. The summed E-state index contributed by atoms with van der Waals surface area (Å²) in [5, 5.41) is 2.87. The number of ketones is 1. The molecule has 0 bridgehead atoms. The van der Waals surface area contributed by atoms with Crippen molar-refractivity contribution in [3.63, 3.8) is 0 Å². The number of allylic oxidation sites excluding steroid dienone is 3. The van der Waals surface area contributed by atoms with Crippen LogP contribution in [0.4, 0.5) is 0 Å². The number of hydrogen-bond donors (Lipinski definition) is 1. The van der Waals surface area contributed by atoms with Gasteiger partial charge in [0.25, 0.3) is 5.91 Å². The minimum absolute atomic E-state index is 0.00165. The predicted octanol–water partition coefficient (Wildman–Crippen LogP) is 3.98. The third kappa shape index (κ3) is 3.99. The average Bonchev–Trinajstić information content (AvgIpc) is 2.54. The molecule has 25 heavy (non-hydrogen) atoms. The van der Waals surface area contributed by atoms with Gasteiger partial charge in [-0.2, -0.15) is 0 Å². The van der Waals surface area contributed by atoms with Gasteiger partial charge >= 0.3 is 0 Å². The third-order valence-electron chi connectivity index (χ3n) is 3.94. The number of methoxy groups -OCH3 is 2. The third-order valence-corrected chi connectivity index (χ3v) is 4.69. The smallest absolute Gasteiger partial charge is 0.254 e. The molecule has 1 aliphatic rings. The van der Waals surface area contributed by atoms with Gasteiger partial charge in [-0.05, 0) is 19.4 Å². The maximum absolute atomic E-state index is 12.6. The molecule has 7 heteroatoms. The molecule has 1 aliphatic carbocycles. The zero-order valence-electron chi connectivity index (χ0n) is 14.5. The Balaban J connectivity index is 2.30. The molecule has 1 N–H and O–H groups in total. The lowest BCUT2D eigenvalue weighted by molar-refractivity contribution is -0.115. The molecule has 0 aromatic heterocycles. The fourth-order valence-electron chi connectivity index (χ4n) is 2.67. The normalized spacial score (nSPS) is 14.3. The van der Waals surface area contributed by atoms with Crippen molar-refractivity contribution in [3.8, 4) is 11.5 Å². The van der Waals surface area contributed by atoms with Crippen molar-refractivity contribution >= 4 is 34.9 Å². The maximum atomic E-state index is 12.6. The highest BCUT2D eigenvalue weighted by Crippen LogP contribution is 2.40. The van der Waals surface area contributed by atoms with Crippen molar-refractivity contribution < 1.29 is 19.1 Å². The number of halogens is 2. The molecule has 0 aliphatic heterocycles. The molecular formula is C18H19Cl2NO4. The average molecular weight is 384 g/mol. The molecule has 1 aromatic carbocycles. The molecule has 2 rings (SSSR count). The molecule has 1 aromatic rings. The molecule has 1 amide bonds. The van der Waals surface area contributed by atoms with Crippen molar-refractivity contribution in [1.29, 1.82) is 0 Å². The number of carbonyl (C=O) groups is 2. The summed E-state index contributed by atoms with van der Waals surface area (Å²) in [5.74, 6) is 0.0383. The van der Waals surface area contributed by atoms with Gasteiger partial charge in [-0.15, -0.1) is 0 Å². The van der Waals surface area contributed by atoms with E-state index in [0.29, 0.717) is 12.0 Å². The molecule has 0 radical (unpaired) electrons. The summed E-state index contributed by atoms with van der Waals surface area (Å²) in [6.07, 6.45) is 2.30. The Labute approximate surface area is 156 Å². The largest absolute Gasteiger partial charge is 0.495 e. The number of benzene rings is 1. The fourth-order valence-corrected chi connectivity index (χ4v) is 3.34. The van der Waals surface area contributed by atoms with E-state index in [2.05, 4.69) is 5.32 Å². The molecule has 0 fully saturated rings. The zero-order valence-corrected chi connectivity index (χ0v) is 16.0. The van der Waals surface area contributed by atoms with E-state index in [4.69, 9.17) is 32.7 Å². The summed E-state index contributed by atoms with van der Waals surface area (Å²) in [6.45, 7) is 3.84. The summed E-state index contributed by atoms with van der Waals surface area (Å²) in [6, 6.07) is 1.51. The number of rotatable bonds is 5. The van der Waals surface area contributed by atoms with Crippen LogP contribution in [0.1, 0.15) is 30.6 Å². The Morgan fingerprint density at radius 1 is 1.16 bits per heavy atom. The van der Waals surface area contributed by atoms with Crippen LogP contribution < -0.4 is 14.8 Å². The van der Waals surface area contributed by atoms with Crippen LogP contribution in [-0.2, 0) is 4.79 Å². The van der Waals surface area contributed by atoms with Gasteiger partial charge < -0.3 is 14.8 Å². The van der Waals surface area contributed by atoms with Gasteiger partial charge in [0.05, 0.1) is 29.8 Å². The monoisotopic (exact) mass is 383 g/mol. The summed E-state index contributed by atoms with van der Waals surface area (Å²) >= 11 is 12.4. The van der Waals surface area contributed by atoms with Crippen molar-refractivity contribution in [3.05, 3.63) is 44.5 Å². The molecule has 0 spiro atoms. The number of ether oxygens (including phenoxy) is 2. The van der Waals surface area contributed by atoms with Crippen molar-refractivity contribution in [1.82, 2.24) is 5.32 Å². The molecule has 0 heterocycles. The van der Waals surface area contributed by atoms with Crippen LogP contribution in [-0.4, -0.2) is 32.5 Å². The lowest BCUT2D eigenvalue weighted by Crippen LogP contribution is -2.29. The first-order chi connectivity index (χ1) is 11.8. The van der Waals surface area contributed by atoms with E-state index in [1.54, 1.807) is 0 Å². The van der Waals surface area contributed by atoms with Gasteiger partial charge in [-0.25, -0.2) is 0 Å². The van der Waals surface area contributed by atoms with E-state index < -0.39 is 5.91 Å². The molecule has 0 saturated heterocycles. The van der Waals surface area contributed by atoms with Crippen molar-refractivity contribution in [2.45, 2.75) is 20.3 Å². The SMILES string of the molecule is COc1cc(OC)c(Cl)c(C(=O)NCC2=C(C)C=C(C)CC2=O)c1Cl.